The first-order chi connectivity index (χ1) is 7.54. The van der Waals surface area contributed by atoms with Gasteiger partial charge in [0.05, 0.1) is 5.02 Å². The zero-order valence-corrected chi connectivity index (χ0v) is 9.59. The highest BCUT2D eigenvalue weighted by Gasteiger charge is 2.13. The molecule has 2 aromatic rings. The minimum atomic E-state index is -0.695. The second-order valence-corrected chi connectivity index (χ2v) is 4.07. The molecule has 0 bridgehead atoms. The van der Waals surface area contributed by atoms with Gasteiger partial charge in [0.25, 0.3) is 0 Å². The number of hydrogen-bond acceptors (Lipinski definition) is 3. The zero-order chi connectivity index (χ0) is 11.9. The first kappa shape index (κ1) is 10.9. The van der Waals surface area contributed by atoms with E-state index in [4.69, 9.17) is 16.0 Å². The third kappa shape index (κ3) is 1.53. The van der Waals surface area contributed by atoms with Crippen LogP contribution in [0.25, 0.3) is 11.0 Å². The SMILES string of the molecule is Cc1cc(C)c2oc(=O)c(C=O)c(Cl)c2c1. The van der Waals surface area contributed by atoms with E-state index in [1.807, 2.05) is 19.9 Å². The Morgan fingerprint density at radius 2 is 2.00 bits per heavy atom. The van der Waals surface area contributed by atoms with Crippen LogP contribution in [0.3, 0.4) is 0 Å². The Kier molecular flexibility index (Phi) is 2.56. The fraction of sp³-hybridized carbons (Fsp3) is 0.167. The second-order valence-electron chi connectivity index (χ2n) is 3.69. The van der Waals surface area contributed by atoms with Gasteiger partial charge in [-0.25, -0.2) is 4.79 Å². The smallest absolute Gasteiger partial charge is 0.348 e. The van der Waals surface area contributed by atoms with Gasteiger partial charge < -0.3 is 4.42 Å². The molecule has 0 saturated carbocycles. The molecule has 1 aromatic heterocycles. The van der Waals surface area contributed by atoms with Gasteiger partial charge in [-0.05, 0) is 31.0 Å². The van der Waals surface area contributed by atoms with Crippen molar-refractivity contribution in [3.8, 4) is 0 Å². The zero-order valence-electron chi connectivity index (χ0n) is 8.83. The highest BCUT2D eigenvalue weighted by Crippen LogP contribution is 2.27. The third-order valence-electron chi connectivity index (χ3n) is 2.42. The summed E-state index contributed by atoms with van der Waals surface area (Å²) in [6.07, 6.45) is 0.422. The van der Waals surface area contributed by atoms with Crippen molar-refractivity contribution in [2.24, 2.45) is 0 Å². The Labute approximate surface area is 96.6 Å². The number of carbonyl (C=O) groups is 1. The number of rotatable bonds is 1. The lowest BCUT2D eigenvalue weighted by Gasteiger charge is -2.05. The number of fused-ring (bicyclic) bond motifs is 1. The molecule has 0 atom stereocenters. The van der Waals surface area contributed by atoms with E-state index in [0.29, 0.717) is 17.3 Å². The van der Waals surface area contributed by atoms with Crippen molar-refractivity contribution < 1.29 is 9.21 Å². The average Bonchev–Trinajstić information content (AvgIpc) is 2.21. The first-order valence-corrected chi connectivity index (χ1v) is 5.11. The van der Waals surface area contributed by atoms with E-state index >= 15 is 0 Å². The summed E-state index contributed by atoms with van der Waals surface area (Å²) in [5.41, 5.74) is 1.44. The molecule has 0 amide bonds. The lowest BCUT2D eigenvalue weighted by Crippen LogP contribution is -2.07. The highest BCUT2D eigenvalue weighted by atomic mass is 35.5. The van der Waals surface area contributed by atoms with Crippen LogP contribution < -0.4 is 5.63 Å². The molecule has 0 aliphatic rings. The van der Waals surface area contributed by atoms with Gasteiger partial charge in [0.15, 0.2) is 6.29 Å². The molecule has 2 rings (SSSR count). The van der Waals surface area contributed by atoms with E-state index in [1.54, 1.807) is 6.07 Å². The van der Waals surface area contributed by atoms with E-state index in [1.165, 1.54) is 0 Å². The summed E-state index contributed by atoms with van der Waals surface area (Å²) in [4.78, 5) is 22.2. The van der Waals surface area contributed by atoms with Crippen molar-refractivity contribution in [1.29, 1.82) is 0 Å². The fourth-order valence-electron chi connectivity index (χ4n) is 1.74. The minimum absolute atomic E-state index is 0.126. The summed E-state index contributed by atoms with van der Waals surface area (Å²) in [6.45, 7) is 3.74. The lowest BCUT2D eigenvalue weighted by molar-refractivity contribution is 0.112. The topological polar surface area (TPSA) is 47.3 Å². The molecule has 16 heavy (non-hydrogen) atoms. The van der Waals surface area contributed by atoms with Crippen LogP contribution in [0.4, 0.5) is 0 Å². The lowest BCUT2D eigenvalue weighted by atomic mass is 10.1. The van der Waals surface area contributed by atoms with Crippen molar-refractivity contribution in [3.63, 3.8) is 0 Å². The van der Waals surface area contributed by atoms with Crippen molar-refractivity contribution in [3.05, 3.63) is 44.3 Å². The predicted octanol–water partition coefficient (Wildman–Crippen LogP) is 2.88. The number of aldehydes is 1. The van der Waals surface area contributed by atoms with E-state index in [0.717, 1.165) is 11.1 Å². The molecule has 0 aliphatic heterocycles. The number of carbonyl (C=O) groups excluding carboxylic acids is 1. The summed E-state index contributed by atoms with van der Waals surface area (Å²) < 4.78 is 5.08. The molecular formula is C12H9ClO3. The van der Waals surface area contributed by atoms with Gasteiger partial charge in [0.1, 0.15) is 11.1 Å². The number of halogens is 1. The largest absolute Gasteiger partial charge is 0.422 e. The molecule has 0 aliphatic carbocycles. The Hall–Kier alpha value is -1.61. The van der Waals surface area contributed by atoms with Crippen LogP contribution >= 0.6 is 11.6 Å². The summed E-state index contributed by atoms with van der Waals surface area (Å²) in [6, 6.07) is 3.68. The molecule has 82 valence electrons. The third-order valence-corrected chi connectivity index (χ3v) is 2.83. The predicted molar refractivity (Wildman–Crippen MR) is 62.4 cm³/mol. The summed E-state index contributed by atoms with van der Waals surface area (Å²) >= 11 is 6.00. The van der Waals surface area contributed by atoms with Crippen LogP contribution in [-0.2, 0) is 0 Å². The minimum Gasteiger partial charge on any atom is -0.422 e. The molecule has 0 fully saturated rings. The first-order valence-electron chi connectivity index (χ1n) is 4.73. The van der Waals surface area contributed by atoms with E-state index in [-0.39, 0.29) is 10.6 Å². The van der Waals surface area contributed by atoms with Crippen molar-refractivity contribution in [2.75, 3.05) is 0 Å². The highest BCUT2D eigenvalue weighted by molar-refractivity contribution is 6.37. The van der Waals surface area contributed by atoms with Crippen molar-refractivity contribution in [1.82, 2.24) is 0 Å². The Morgan fingerprint density at radius 1 is 1.31 bits per heavy atom. The van der Waals surface area contributed by atoms with Crippen LogP contribution in [-0.4, -0.2) is 6.29 Å². The van der Waals surface area contributed by atoms with Gasteiger partial charge in [0.2, 0.25) is 0 Å². The van der Waals surface area contributed by atoms with Crippen LogP contribution in [0, 0.1) is 13.8 Å². The normalized spacial score (nSPS) is 10.7. The van der Waals surface area contributed by atoms with Gasteiger partial charge in [0, 0.05) is 5.39 Å². The quantitative estimate of drug-likeness (QED) is 0.565. The van der Waals surface area contributed by atoms with Gasteiger partial charge in [-0.1, -0.05) is 17.7 Å². The van der Waals surface area contributed by atoms with E-state index in [2.05, 4.69) is 0 Å². The maximum absolute atomic E-state index is 11.4. The monoisotopic (exact) mass is 236 g/mol. The summed E-state index contributed by atoms with van der Waals surface area (Å²) in [5, 5.41) is 0.758. The molecule has 0 N–H and O–H groups in total. The van der Waals surface area contributed by atoms with Crippen LogP contribution in [0.5, 0.6) is 0 Å². The Bertz CT molecular complexity index is 641. The number of hydrogen-bond donors (Lipinski definition) is 0. The molecule has 1 heterocycles. The maximum atomic E-state index is 11.4. The molecular weight excluding hydrogens is 228 g/mol. The van der Waals surface area contributed by atoms with Gasteiger partial charge >= 0.3 is 5.63 Å². The Balaban J connectivity index is 3.04. The molecule has 3 nitrogen and oxygen atoms in total. The van der Waals surface area contributed by atoms with E-state index < -0.39 is 5.63 Å². The molecule has 0 unspecified atom stereocenters. The summed E-state index contributed by atoms with van der Waals surface area (Å²) in [5.74, 6) is 0. The standard InChI is InChI=1S/C12H9ClO3/c1-6-3-7(2)11-8(4-6)10(13)9(5-14)12(15)16-11/h3-5H,1-2H3. The van der Waals surface area contributed by atoms with Crippen molar-refractivity contribution in [2.45, 2.75) is 13.8 Å². The molecule has 1 aromatic carbocycles. The second kappa shape index (κ2) is 3.76. The van der Waals surface area contributed by atoms with E-state index in [9.17, 15) is 9.59 Å². The van der Waals surface area contributed by atoms with Crippen LogP contribution in [0.1, 0.15) is 21.5 Å². The molecule has 4 heteroatoms. The van der Waals surface area contributed by atoms with Crippen LogP contribution in [0.2, 0.25) is 5.02 Å². The summed E-state index contributed by atoms with van der Waals surface area (Å²) in [7, 11) is 0. The maximum Gasteiger partial charge on any atom is 0.348 e. The number of benzene rings is 1. The number of aryl methyl sites for hydroxylation is 2. The fourth-order valence-corrected chi connectivity index (χ4v) is 2.00. The van der Waals surface area contributed by atoms with Gasteiger partial charge in [-0.15, -0.1) is 0 Å². The molecule has 0 radical (unpaired) electrons. The Morgan fingerprint density at radius 3 is 2.62 bits per heavy atom. The van der Waals surface area contributed by atoms with Crippen molar-refractivity contribution >= 4 is 28.9 Å². The van der Waals surface area contributed by atoms with Crippen LogP contribution in [0.15, 0.2) is 21.3 Å². The molecule has 0 spiro atoms. The van der Waals surface area contributed by atoms with Gasteiger partial charge in [-0.2, -0.15) is 0 Å². The van der Waals surface area contributed by atoms with Gasteiger partial charge in [-0.3, -0.25) is 4.79 Å². The molecule has 0 saturated heterocycles. The average molecular weight is 237 g/mol.